The van der Waals surface area contributed by atoms with Crippen molar-refractivity contribution in [1.82, 2.24) is 5.32 Å². The summed E-state index contributed by atoms with van der Waals surface area (Å²) in [5.74, 6) is -0.658. The van der Waals surface area contributed by atoms with Crippen molar-refractivity contribution in [2.45, 2.75) is 6.54 Å². The van der Waals surface area contributed by atoms with Crippen LogP contribution >= 0.6 is 0 Å². The predicted molar refractivity (Wildman–Crippen MR) is 118 cm³/mol. The lowest BCUT2D eigenvalue weighted by Gasteiger charge is -2.10. The van der Waals surface area contributed by atoms with Gasteiger partial charge in [0.2, 0.25) is 0 Å². The molecule has 166 valence electrons. The first-order valence-corrected chi connectivity index (χ1v) is 9.71. The molecular formula is C22H22N4O6. The fourth-order valence-electron chi connectivity index (χ4n) is 2.91. The molecule has 0 radical (unpaired) electrons. The van der Waals surface area contributed by atoms with Crippen LogP contribution in [0.25, 0.3) is 0 Å². The molecule has 2 amide bonds. The summed E-state index contributed by atoms with van der Waals surface area (Å²) in [6.07, 6.45) is 1.41. The van der Waals surface area contributed by atoms with Crippen molar-refractivity contribution in [3.63, 3.8) is 0 Å². The second-order valence-electron chi connectivity index (χ2n) is 6.72. The summed E-state index contributed by atoms with van der Waals surface area (Å²) < 4.78 is 9.98. The molecule has 0 aliphatic carbocycles. The molecule has 3 rings (SSSR count). The number of furan rings is 1. The summed E-state index contributed by atoms with van der Waals surface area (Å²) in [5, 5.41) is 19.7. The van der Waals surface area contributed by atoms with E-state index in [2.05, 4.69) is 16.0 Å². The minimum Gasteiger partial charge on any atom is -0.459 e. The van der Waals surface area contributed by atoms with Gasteiger partial charge in [0.05, 0.1) is 17.8 Å². The fourth-order valence-corrected chi connectivity index (χ4v) is 2.91. The van der Waals surface area contributed by atoms with E-state index in [9.17, 15) is 19.7 Å². The minimum absolute atomic E-state index is 0.163. The van der Waals surface area contributed by atoms with E-state index in [0.29, 0.717) is 24.5 Å². The lowest BCUT2D eigenvalue weighted by Crippen LogP contribution is -2.23. The molecule has 1 aromatic heterocycles. The normalized spacial score (nSPS) is 10.4. The maximum absolute atomic E-state index is 12.5. The largest absolute Gasteiger partial charge is 0.459 e. The zero-order chi connectivity index (χ0) is 22.9. The number of carbonyl (C=O) groups is 2. The van der Waals surface area contributed by atoms with Gasteiger partial charge in [-0.3, -0.25) is 19.7 Å². The molecule has 10 nitrogen and oxygen atoms in total. The summed E-state index contributed by atoms with van der Waals surface area (Å²) in [6, 6.07) is 14.4. The number of ether oxygens (including phenoxy) is 1. The van der Waals surface area contributed by atoms with Gasteiger partial charge in [-0.05, 0) is 42.0 Å². The molecule has 1 heterocycles. The second-order valence-corrected chi connectivity index (χ2v) is 6.72. The standard InChI is InChI=1S/C22H22N4O6/c1-31-11-9-23-18-8-7-16(13-19(18)26(29)30)21(27)24-14-15-4-2-5-17(12-15)25-22(28)20-6-3-10-32-20/h2-8,10,12-13,23H,9,11,14H2,1H3,(H,24,27)(H,25,28). The number of nitro groups is 1. The topological polar surface area (TPSA) is 136 Å². The fraction of sp³-hybridized carbons (Fsp3) is 0.182. The van der Waals surface area contributed by atoms with Gasteiger partial charge in [0, 0.05) is 37.5 Å². The molecule has 0 spiro atoms. The average Bonchev–Trinajstić information content (AvgIpc) is 3.33. The van der Waals surface area contributed by atoms with Crippen molar-refractivity contribution in [3.8, 4) is 0 Å². The van der Waals surface area contributed by atoms with Crippen molar-refractivity contribution < 1.29 is 23.7 Å². The van der Waals surface area contributed by atoms with E-state index in [1.165, 1.54) is 31.6 Å². The molecule has 2 aromatic carbocycles. The SMILES string of the molecule is COCCNc1ccc(C(=O)NCc2cccc(NC(=O)c3ccco3)c2)cc1[N+](=O)[O-]. The summed E-state index contributed by atoms with van der Waals surface area (Å²) >= 11 is 0. The Kier molecular flexibility index (Phi) is 7.55. The van der Waals surface area contributed by atoms with Gasteiger partial charge in [0.15, 0.2) is 5.76 Å². The number of anilines is 2. The lowest BCUT2D eigenvalue weighted by atomic mass is 10.1. The molecule has 0 atom stereocenters. The third-order valence-corrected chi connectivity index (χ3v) is 4.46. The van der Waals surface area contributed by atoms with Gasteiger partial charge in [0.25, 0.3) is 17.5 Å². The highest BCUT2D eigenvalue weighted by Gasteiger charge is 2.17. The average molecular weight is 438 g/mol. The molecule has 32 heavy (non-hydrogen) atoms. The Morgan fingerprint density at radius 3 is 2.66 bits per heavy atom. The van der Waals surface area contributed by atoms with Gasteiger partial charge < -0.3 is 25.1 Å². The number of benzene rings is 2. The third kappa shape index (κ3) is 5.92. The first-order valence-electron chi connectivity index (χ1n) is 9.71. The molecule has 10 heteroatoms. The maximum atomic E-state index is 12.5. The highest BCUT2D eigenvalue weighted by molar-refractivity contribution is 6.02. The van der Waals surface area contributed by atoms with Crippen LogP contribution in [0.2, 0.25) is 0 Å². The summed E-state index contributed by atoms with van der Waals surface area (Å²) in [5.41, 5.74) is 1.56. The molecule has 3 aromatic rings. The van der Waals surface area contributed by atoms with Crippen LogP contribution in [0.15, 0.2) is 65.3 Å². The first-order chi connectivity index (χ1) is 15.5. The molecule has 0 saturated heterocycles. The Labute approximate surface area is 183 Å². The Morgan fingerprint density at radius 2 is 1.94 bits per heavy atom. The van der Waals surface area contributed by atoms with Crippen LogP contribution < -0.4 is 16.0 Å². The third-order valence-electron chi connectivity index (χ3n) is 4.46. The zero-order valence-corrected chi connectivity index (χ0v) is 17.3. The number of amides is 2. The van der Waals surface area contributed by atoms with Crippen LogP contribution in [0.4, 0.5) is 17.1 Å². The van der Waals surface area contributed by atoms with E-state index in [0.717, 1.165) is 5.56 Å². The van der Waals surface area contributed by atoms with E-state index < -0.39 is 10.8 Å². The van der Waals surface area contributed by atoms with Crippen LogP contribution in [0.1, 0.15) is 26.5 Å². The number of hydrogen-bond acceptors (Lipinski definition) is 7. The molecule has 0 bridgehead atoms. The number of hydrogen-bond donors (Lipinski definition) is 3. The molecular weight excluding hydrogens is 416 g/mol. The molecule has 0 fully saturated rings. The number of nitrogens with zero attached hydrogens (tertiary/aromatic N) is 1. The molecule has 0 aliphatic rings. The Hall–Kier alpha value is -4.18. The molecule has 3 N–H and O–H groups in total. The van der Waals surface area contributed by atoms with Crippen molar-refractivity contribution in [2.75, 3.05) is 30.9 Å². The molecule has 0 unspecified atom stereocenters. The summed E-state index contributed by atoms with van der Waals surface area (Å²) in [6.45, 7) is 0.959. The van der Waals surface area contributed by atoms with Crippen LogP contribution in [0.3, 0.4) is 0 Å². The number of carbonyl (C=O) groups excluding carboxylic acids is 2. The molecule has 0 aliphatic heterocycles. The lowest BCUT2D eigenvalue weighted by molar-refractivity contribution is -0.384. The van der Waals surface area contributed by atoms with E-state index in [1.54, 1.807) is 36.4 Å². The van der Waals surface area contributed by atoms with Gasteiger partial charge in [0.1, 0.15) is 5.69 Å². The Morgan fingerprint density at radius 1 is 1.09 bits per heavy atom. The number of nitro benzene ring substituents is 1. The van der Waals surface area contributed by atoms with Gasteiger partial charge in [-0.15, -0.1) is 0 Å². The Balaban J connectivity index is 1.63. The minimum atomic E-state index is -0.545. The van der Waals surface area contributed by atoms with E-state index in [-0.39, 0.29) is 29.5 Å². The van der Waals surface area contributed by atoms with E-state index in [1.807, 2.05) is 0 Å². The van der Waals surface area contributed by atoms with Crippen LogP contribution in [0, 0.1) is 10.1 Å². The van der Waals surface area contributed by atoms with Gasteiger partial charge in [-0.1, -0.05) is 12.1 Å². The second kappa shape index (κ2) is 10.7. The van der Waals surface area contributed by atoms with Crippen LogP contribution in [-0.4, -0.2) is 37.0 Å². The quantitative estimate of drug-likeness (QED) is 0.251. The zero-order valence-electron chi connectivity index (χ0n) is 17.3. The first kappa shape index (κ1) is 22.5. The van der Waals surface area contributed by atoms with E-state index >= 15 is 0 Å². The van der Waals surface area contributed by atoms with Crippen LogP contribution in [0.5, 0.6) is 0 Å². The van der Waals surface area contributed by atoms with Gasteiger partial charge in [-0.2, -0.15) is 0 Å². The van der Waals surface area contributed by atoms with E-state index in [4.69, 9.17) is 9.15 Å². The summed E-state index contributed by atoms with van der Waals surface area (Å²) in [4.78, 5) is 35.5. The van der Waals surface area contributed by atoms with Crippen molar-refractivity contribution in [2.24, 2.45) is 0 Å². The van der Waals surface area contributed by atoms with Crippen molar-refractivity contribution in [1.29, 1.82) is 0 Å². The van der Waals surface area contributed by atoms with Crippen molar-refractivity contribution in [3.05, 3.63) is 87.9 Å². The van der Waals surface area contributed by atoms with Crippen molar-refractivity contribution >= 4 is 28.9 Å². The number of nitrogens with one attached hydrogen (secondary N) is 3. The van der Waals surface area contributed by atoms with Gasteiger partial charge >= 0.3 is 0 Å². The predicted octanol–water partition coefficient (Wildman–Crippen LogP) is 3.43. The summed E-state index contributed by atoms with van der Waals surface area (Å²) in [7, 11) is 1.53. The Bertz CT molecular complexity index is 1100. The molecule has 0 saturated carbocycles. The highest BCUT2D eigenvalue weighted by Crippen LogP contribution is 2.25. The van der Waals surface area contributed by atoms with Gasteiger partial charge in [-0.25, -0.2) is 0 Å². The smallest absolute Gasteiger partial charge is 0.293 e. The maximum Gasteiger partial charge on any atom is 0.293 e. The monoisotopic (exact) mass is 438 g/mol. The van der Waals surface area contributed by atoms with Crippen LogP contribution in [-0.2, 0) is 11.3 Å². The highest BCUT2D eigenvalue weighted by atomic mass is 16.6. The number of rotatable bonds is 10. The number of methoxy groups -OCH3 is 1.